The molecule has 1 aromatic heterocycles. The highest BCUT2D eigenvalue weighted by molar-refractivity contribution is 5.72. The molecule has 1 heterocycles. The minimum atomic E-state index is 0.198. The molecule has 15 heavy (non-hydrogen) atoms. The summed E-state index contributed by atoms with van der Waals surface area (Å²) in [6.07, 6.45) is 1.70. The van der Waals surface area contributed by atoms with Crippen LogP contribution in [0.15, 0.2) is 40.0 Å². The Kier molecular flexibility index (Phi) is 2.73. The molecule has 0 saturated heterocycles. The van der Waals surface area contributed by atoms with Gasteiger partial charge in [0.1, 0.15) is 6.21 Å². The van der Waals surface area contributed by atoms with Crippen molar-refractivity contribution in [1.29, 1.82) is 0 Å². The van der Waals surface area contributed by atoms with Gasteiger partial charge in [0.25, 0.3) is 5.89 Å². The molecular weight excluding hydrogens is 194 g/mol. The molecule has 0 aliphatic heterocycles. The molecule has 0 aliphatic rings. The van der Waals surface area contributed by atoms with Gasteiger partial charge < -0.3 is 9.73 Å². The molecule has 0 spiro atoms. The average molecular weight is 203 g/mol. The maximum atomic E-state index is 8.26. The zero-order valence-electron chi connectivity index (χ0n) is 7.87. The van der Waals surface area contributed by atoms with Crippen LogP contribution in [-0.2, 0) is 6.42 Å². The maximum absolute atomic E-state index is 8.26. The number of nitrogens with zero attached hydrogens (tertiary/aromatic N) is 3. The fourth-order valence-electron chi connectivity index (χ4n) is 1.22. The molecule has 2 aromatic rings. The minimum absolute atomic E-state index is 0.198. The van der Waals surface area contributed by atoms with Crippen LogP contribution in [0.5, 0.6) is 0 Å². The fourth-order valence-corrected chi connectivity index (χ4v) is 1.22. The van der Waals surface area contributed by atoms with Crippen LogP contribution < -0.4 is 0 Å². The lowest BCUT2D eigenvalue weighted by atomic mass is 10.1. The number of hydrogen-bond acceptors (Lipinski definition) is 5. The summed E-state index contributed by atoms with van der Waals surface area (Å²) in [6.45, 7) is 0. The Morgan fingerprint density at radius 3 is 2.87 bits per heavy atom. The van der Waals surface area contributed by atoms with Crippen molar-refractivity contribution >= 4 is 6.21 Å². The van der Waals surface area contributed by atoms with E-state index in [4.69, 9.17) is 9.73 Å². The number of benzene rings is 1. The molecule has 0 fully saturated rings. The lowest BCUT2D eigenvalue weighted by Gasteiger charge is -1.93. The third kappa shape index (κ3) is 2.40. The second kappa shape index (κ2) is 4.36. The molecule has 1 aromatic carbocycles. The molecule has 0 amide bonds. The topological polar surface area (TPSA) is 71.5 Å². The lowest BCUT2D eigenvalue weighted by molar-refractivity contribution is 0.318. The van der Waals surface area contributed by atoms with Gasteiger partial charge >= 0.3 is 0 Å². The number of rotatable bonds is 3. The van der Waals surface area contributed by atoms with E-state index in [0.29, 0.717) is 12.2 Å². The molecule has 5 nitrogen and oxygen atoms in total. The van der Waals surface area contributed by atoms with Crippen LogP contribution in [0.1, 0.15) is 17.3 Å². The van der Waals surface area contributed by atoms with Crippen LogP contribution in [0.3, 0.4) is 0 Å². The smallest absolute Gasteiger partial charge is 0.272 e. The Morgan fingerprint density at radius 1 is 1.33 bits per heavy atom. The molecule has 5 heteroatoms. The van der Waals surface area contributed by atoms with E-state index in [2.05, 4.69) is 15.3 Å². The van der Waals surface area contributed by atoms with Crippen molar-refractivity contribution in [3.8, 4) is 0 Å². The van der Waals surface area contributed by atoms with Crippen molar-refractivity contribution in [1.82, 2.24) is 10.1 Å². The van der Waals surface area contributed by atoms with E-state index in [1.165, 1.54) is 0 Å². The van der Waals surface area contributed by atoms with Gasteiger partial charge in [0, 0.05) is 6.42 Å². The molecule has 0 aliphatic carbocycles. The zero-order valence-corrected chi connectivity index (χ0v) is 7.87. The Balaban J connectivity index is 2.11. The molecule has 0 radical (unpaired) electrons. The number of aromatic nitrogens is 2. The summed E-state index contributed by atoms with van der Waals surface area (Å²) in [5, 5.41) is 14.8. The predicted octanol–water partition coefficient (Wildman–Crippen LogP) is 1.47. The first-order chi connectivity index (χ1) is 7.38. The monoisotopic (exact) mass is 203 g/mol. The average Bonchev–Trinajstić information content (AvgIpc) is 2.68. The quantitative estimate of drug-likeness (QED) is 0.465. The third-order valence-electron chi connectivity index (χ3n) is 1.86. The van der Waals surface area contributed by atoms with Gasteiger partial charge in [-0.2, -0.15) is 4.98 Å². The number of oxime groups is 1. The number of hydrogen-bond donors (Lipinski definition) is 1. The normalized spacial score (nSPS) is 10.9. The highest BCUT2D eigenvalue weighted by Gasteiger charge is 2.04. The van der Waals surface area contributed by atoms with Crippen LogP contribution in [0.25, 0.3) is 0 Å². The fraction of sp³-hybridized carbons (Fsp3) is 0.100. The van der Waals surface area contributed by atoms with Crippen molar-refractivity contribution in [2.75, 3.05) is 0 Å². The van der Waals surface area contributed by atoms with Gasteiger partial charge in [-0.1, -0.05) is 40.6 Å². The SMILES string of the molecule is O/N=C/c1nc(Cc2ccccc2)no1. The van der Waals surface area contributed by atoms with Crippen molar-refractivity contribution in [2.45, 2.75) is 6.42 Å². The van der Waals surface area contributed by atoms with E-state index < -0.39 is 0 Å². The summed E-state index contributed by atoms with van der Waals surface area (Å²) in [7, 11) is 0. The molecule has 0 saturated carbocycles. The van der Waals surface area contributed by atoms with Gasteiger partial charge in [-0.05, 0) is 5.56 Å². The Labute approximate surface area is 86.0 Å². The van der Waals surface area contributed by atoms with Gasteiger partial charge in [0.2, 0.25) is 0 Å². The highest BCUT2D eigenvalue weighted by atomic mass is 16.5. The van der Waals surface area contributed by atoms with E-state index in [1.54, 1.807) is 0 Å². The van der Waals surface area contributed by atoms with E-state index in [9.17, 15) is 0 Å². The van der Waals surface area contributed by atoms with Crippen LogP contribution in [0, 0.1) is 0 Å². The van der Waals surface area contributed by atoms with E-state index in [-0.39, 0.29) is 5.89 Å². The van der Waals surface area contributed by atoms with E-state index >= 15 is 0 Å². The Bertz CT molecular complexity index is 451. The zero-order chi connectivity index (χ0) is 10.5. The van der Waals surface area contributed by atoms with Gasteiger partial charge in [0.15, 0.2) is 5.82 Å². The molecule has 2 rings (SSSR count). The van der Waals surface area contributed by atoms with E-state index in [1.807, 2.05) is 30.3 Å². The van der Waals surface area contributed by atoms with Gasteiger partial charge in [-0.15, -0.1) is 0 Å². The van der Waals surface area contributed by atoms with Gasteiger partial charge in [-0.3, -0.25) is 0 Å². The molecule has 76 valence electrons. The van der Waals surface area contributed by atoms with Crippen LogP contribution in [-0.4, -0.2) is 21.6 Å². The summed E-state index contributed by atoms with van der Waals surface area (Å²) in [6, 6.07) is 9.81. The van der Waals surface area contributed by atoms with Crippen LogP contribution in [0.2, 0.25) is 0 Å². The maximum Gasteiger partial charge on any atom is 0.272 e. The summed E-state index contributed by atoms with van der Waals surface area (Å²) in [5.74, 6) is 0.763. The third-order valence-corrected chi connectivity index (χ3v) is 1.86. The largest absolute Gasteiger partial charge is 0.411 e. The summed E-state index contributed by atoms with van der Waals surface area (Å²) in [4.78, 5) is 4.01. The molecule has 0 bridgehead atoms. The minimum Gasteiger partial charge on any atom is -0.411 e. The Morgan fingerprint density at radius 2 is 2.13 bits per heavy atom. The first kappa shape index (κ1) is 9.39. The first-order valence-electron chi connectivity index (χ1n) is 4.42. The predicted molar refractivity (Wildman–Crippen MR) is 52.9 cm³/mol. The first-order valence-corrected chi connectivity index (χ1v) is 4.42. The van der Waals surface area contributed by atoms with Crippen molar-refractivity contribution < 1.29 is 9.73 Å². The van der Waals surface area contributed by atoms with Crippen molar-refractivity contribution in [3.05, 3.63) is 47.6 Å². The summed E-state index contributed by atoms with van der Waals surface area (Å²) >= 11 is 0. The van der Waals surface area contributed by atoms with Crippen LogP contribution >= 0.6 is 0 Å². The molecule has 0 unspecified atom stereocenters. The molecule has 1 N–H and O–H groups in total. The summed E-state index contributed by atoms with van der Waals surface area (Å²) < 4.78 is 4.81. The summed E-state index contributed by atoms with van der Waals surface area (Å²) in [5.41, 5.74) is 1.10. The van der Waals surface area contributed by atoms with Crippen LogP contribution in [0.4, 0.5) is 0 Å². The van der Waals surface area contributed by atoms with E-state index in [0.717, 1.165) is 11.8 Å². The standard InChI is InChI=1S/C10H9N3O2/c14-11-7-10-12-9(13-15-10)6-8-4-2-1-3-5-8/h1-5,7,14H,6H2/b11-7+. The second-order valence-corrected chi connectivity index (χ2v) is 2.96. The Hall–Kier alpha value is -2.17. The van der Waals surface area contributed by atoms with Crippen molar-refractivity contribution in [3.63, 3.8) is 0 Å². The van der Waals surface area contributed by atoms with Gasteiger partial charge in [0.05, 0.1) is 0 Å². The second-order valence-electron chi connectivity index (χ2n) is 2.96. The van der Waals surface area contributed by atoms with Crippen molar-refractivity contribution in [2.24, 2.45) is 5.16 Å². The molecular formula is C10H9N3O2. The highest BCUT2D eigenvalue weighted by Crippen LogP contribution is 2.05. The van der Waals surface area contributed by atoms with Gasteiger partial charge in [-0.25, -0.2) is 0 Å². The molecule has 0 atom stereocenters. The lowest BCUT2D eigenvalue weighted by Crippen LogP contribution is -1.90.